The number of aliphatic hydroxyl groups excluding tert-OH is 1. The van der Waals surface area contributed by atoms with Crippen LogP contribution in [-0.4, -0.2) is 34.4 Å². The van der Waals surface area contributed by atoms with E-state index >= 15 is 0 Å². The van der Waals surface area contributed by atoms with E-state index in [0.717, 1.165) is 5.69 Å². The molecule has 0 unspecified atom stereocenters. The zero-order valence-electron chi connectivity index (χ0n) is 6.99. The van der Waals surface area contributed by atoms with Gasteiger partial charge in [0.25, 0.3) is 0 Å². The van der Waals surface area contributed by atoms with Gasteiger partial charge in [0.1, 0.15) is 6.61 Å². The van der Waals surface area contributed by atoms with Crippen LogP contribution in [-0.2, 0) is 11.3 Å². The second-order valence-corrected chi connectivity index (χ2v) is 2.29. The predicted octanol–water partition coefficient (Wildman–Crippen LogP) is -0.372. The largest absolute Gasteiger partial charge is 0.447 e. The third kappa shape index (κ3) is 3.57. The van der Waals surface area contributed by atoms with Gasteiger partial charge in [0.15, 0.2) is 0 Å². The lowest BCUT2D eigenvalue weighted by Crippen LogP contribution is -2.24. The van der Waals surface area contributed by atoms with Crippen LogP contribution < -0.4 is 5.32 Å². The molecule has 3 N–H and O–H groups in total. The Labute approximate surface area is 74.9 Å². The number of nitrogens with one attached hydrogen (secondary N) is 2. The van der Waals surface area contributed by atoms with Gasteiger partial charge in [-0.25, -0.2) is 9.78 Å². The summed E-state index contributed by atoms with van der Waals surface area (Å²) in [5.41, 5.74) is 0.793. The lowest BCUT2D eigenvalue weighted by atomic mass is 10.5. The number of imidazole rings is 1. The number of nitrogens with zero attached hydrogens (tertiary/aromatic N) is 1. The molecule has 1 amide bonds. The molecule has 0 aromatic carbocycles. The van der Waals surface area contributed by atoms with Gasteiger partial charge in [-0.1, -0.05) is 0 Å². The minimum atomic E-state index is -0.552. The van der Waals surface area contributed by atoms with Crippen molar-refractivity contribution in [1.82, 2.24) is 15.3 Å². The number of aromatic amines is 1. The molecule has 13 heavy (non-hydrogen) atoms. The fraction of sp³-hybridized carbons (Fsp3) is 0.429. The van der Waals surface area contributed by atoms with Crippen molar-refractivity contribution in [2.45, 2.75) is 6.54 Å². The maximum atomic E-state index is 10.8. The number of amides is 1. The molecule has 0 bridgehead atoms. The van der Waals surface area contributed by atoms with Crippen LogP contribution in [0.2, 0.25) is 0 Å². The average Bonchev–Trinajstić information content (AvgIpc) is 2.64. The first-order chi connectivity index (χ1) is 6.33. The quantitative estimate of drug-likeness (QED) is 0.597. The lowest BCUT2D eigenvalue weighted by Gasteiger charge is -2.03. The zero-order valence-corrected chi connectivity index (χ0v) is 6.99. The number of ether oxygens (including phenoxy) is 1. The molecule has 0 atom stereocenters. The molecule has 1 aromatic rings. The van der Waals surface area contributed by atoms with E-state index in [2.05, 4.69) is 20.0 Å². The molecular weight excluding hydrogens is 174 g/mol. The summed E-state index contributed by atoms with van der Waals surface area (Å²) in [5, 5.41) is 10.8. The maximum Gasteiger partial charge on any atom is 0.407 e. The third-order valence-electron chi connectivity index (χ3n) is 1.30. The molecule has 0 aliphatic carbocycles. The van der Waals surface area contributed by atoms with Gasteiger partial charge in [-0.05, 0) is 0 Å². The van der Waals surface area contributed by atoms with Crippen LogP contribution in [0.15, 0.2) is 12.5 Å². The van der Waals surface area contributed by atoms with Crippen molar-refractivity contribution in [2.75, 3.05) is 13.2 Å². The number of carbonyl (C=O) groups excluding carboxylic acids is 1. The molecule has 6 nitrogen and oxygen atoms in total. The smallest absolute Gasteiger partial charge is 0.407 e. The number of hydrogen-bond acceptors (Lipinski definition) is 4. The fourth-order valence-corrected chi connectivity index (χ4v) is 0.738. The Kier molecular flexibility index (Phi) is 3.77. The molecule has 1 heterocycles. The summed E-state index contributed by atoms with van der Waals surface area (Å²) in [4.78, 5) is 17.4. The van der Waals surface area contributed by atoms with E-state index in [0.29, 0.717) is 6.54 Å². The average molecular weight is 185 g/mol. The second kappa shape index (κ2) is 5.15. The SMILES string of the molecule is O=C(NCc1cnc[nH]1)OCCO. The van der Waals surface area contributed by atoms with Gasteiger partial charge >= 0.3 is 6.09 Å². The van der Waals surface area contributed by atoms with Crippen molar-refractivity contribution < 1.29 is 14.6 Å². The number of aliphatic hydroxyl groups is 1. The summed E-state index contributed by atoms with van der Waals surface area (Å²) >= 11 is 0. The highest BCUT2D eigenvalue weighted by Crippen LogP contribution is 1.89. The normalized spacial score (nSPS) is 9.62. The predicted molar refractivity (Wildman–Crippen MR) is 43.9 cm³/mol. The van der Waals surface area contributed by atoms with Crippen molar-refractivity contribution in [1.29, 1.82) is 0 Å². The summed E-state index contributed by atoms with van der Waals surface area (Å²) in [6, 6.07) is 0. The van der Waals surface area contributed by atoms with Gasteiger partial charge in [0.2, 0.25) is 0 Å². The minimum absolute atomic E-state index is 0.00874. The number of hydrogen-bond donors (Lipinski definition) is 3. The van der Waals surface area contributed by atoms with Crippen molar-refractivity contribution in [3.8, 4) is 0 Å². The lowest BCUT2D eigenvalue weighted by molar-refractivity contribution is 0.118. The van der Waals surface area contributed by atoms with Crippen LogP contribution in [0.5, 0.6) is 0 Å². The van der Waals surface area contributed by atoms with Crippen LogP contribution in [0.4, 0.5) is 4.79 Å². The third-order valence-corrected chi connectivity index (χ3v) is 1.30. The monoisotopic (exact) mass is 185 g/mol. The Morgan fingerprint density at radius 3 is 3.23 bits per heavy atom. The molecule has 0 aliphatic heterocycles. The highest BCUT2D eigenvalue weighted by Gasteiger charge is 2.00. The maximum absolute atomic E-state index is 10.8. The molecule has 0 radical (unpaired) electrons. The first-order valence-electron chi connectivity index (χ1n) is 3.81. The van der Waals surface area contributed by atoms with Crippen LogP contribution in [0, 0.1) is 0 Å². The Bertz CT molecular complexity index is 247. The van der Waals surface area contributed by atoms with Crippen molar-refractivity contribution >= 4 is 6.09 Å². The number of H-pyrrole nitrogens is 1. The van der Waals surface area contributed by atoms with Gasteiger partial charge in [0.05, 0.1) is 25.2 Å². The van der Waals surface area contributed by atoms with E-state index in [4.69, 9.17) is 5.11 Å². The zero-order chi connectivity index (χ0) is 9.52. The first-order valence-corrected chi connectivity index (χ1v) is 3.81. The minimum Gasteiger partial charge on any atom is -0.447 e. The Balaban J connectivity index is 2.15. The van der Waals surface area contributed by atoms with Gasteiger partial charge in [0, 0.05) is 6.20 Å². The van der Waals surface area contributed by atoms with E-state index in [9.17, 15) is 4.79 Å². The topological polar surface area (TPSA) is 87.2 Å². The molecule has 1 aromatic heterocycles. The molecule has 1 rings (SSSR count). The molecule has 0 saturated carbocycles. The van der Waals surface area contributed by atoms with Crippen LogP contribution in [0.25, 0.3) is 0 Å². The summed E-state index contributed by atoms with van der Waals surface area (Å²) in [6.07, 6.45) is 2.58. The van der Waals surface area contributed by atoms with E-state index in [1.54, 1.807) is 6.20 Å². The van der Waals surface area contributed by atoms with Crippen molar-refractivity contribution in [3.63, 3.8) is 0 Å². The van der Waals surface area contributed by atoms with Gasteiger partial charge in [-0.3, -0.25) is 0 Å². The van der Waals surface area contributed by atoms with Gasteiger partial charge < -0.3 is 20.1 Å². The molecule has 0 fully saturated rings. The standard InChI is InChI=1S/C7H11N3O3/c11-1-2-13-7(12)9-4-6-3-8-5-10-6/h3,5,11H,1-2,4H2,(H,8,10)(H,9,12). The highest BCUT2D eigenvalue weighted by atomic mass is 16.6. The molecular formula is C7H11N3O3. The Hall–Kier alpha value is -1.56. The molecule has 0 aliphatic rings. The Morgan fingerprint density at radius 1 is 1.77 bits per heavy atom. The van der Waals surface area contributed by atoms with Crippen LogP contribution in [0.3, 0.4) is 0 Å². The number of alkyl carbamates (subject to hydrolysis) is 1. The summed E-state index contributed by atoms with van der Waals surface area (Å²) in [6.45, 7) is 0.177. The molecule has 72 valence electrons. The molecule has 0 saturated heterocycles. The summed E-state index contributed by atoms with van der Waals surface area (Å²) in [7, 11) is 0. The van der Waals surface area contributed by atoms with E-state index in [1.165, 1.54) is 6.33 Å². The number of aromatic nitrogens is 2. The van der Waals surface area contributed by atoms with Crippen molar-refractivity contribution in [2.24, 2.45) is 0 Å². The summed E-state index contributed by atoms with van der Waals surface area (Å²) < 4.78 is 4.56. The van der Waals surface area contributed by atoms with Crippen LogP contribution >= 0.6 is 0 Å². The van der Waals surface area contributed by atoms with E-state index in [-0.39, 0.29) is 13.2 Å². The second-order valence-electron chi connectivity index (χ2n) is 2.29. The van der Waals surface area contributed by atoms with Gasteiger partial charge in [-0.2, -0.15) is 0 Å². The van der Waals surface area contributed by atoms with Gasteiger partial charge in [-0.15, -0.1) is 0 Å². The summed E-state index contributed by atoms with van der Waals surface area (Å²) in [5.74, 6) is 0. The van der Waals surface area contributed by atoms with E-state index < -0.39 is 6.09 Å². The van der Waals surface area contributed by atoms with Crippen molar-refractivity contribution in [3.05, 3.63) is 18.2 Å². The molecule has 0 spiro atoms. The van der Waals surface area contributed by atoms with E-state index in [1.807, 2.05) is 0 Å². The molecule has 6 heteroatoms. The van der Waals surface area contributed by atoms with Crippen LogP contribution in [0.1, 0.15) is 5.69 Å². The number of carbonyl (C=O) groups is 1. The first kappa shape index (κ1) is 9.53. The number of rotatable bonds is 4. The highest BCUT2D eigenvalue weighted by molar-refractivity contribution is 5.66. The fourth-order valence-electron chi connectivity index (χ4n) is 0.738. The Morgan fingerprint density at radius 2 is 2.62 bits per heavy atom.